The number of rotatable bonds is 10. The second kappa shape index (κ2) is 11.2. The van der Waals surface area contributed by atoms with Crippen LogP contribution in [0.25, 0.3) is 0 Å². The Morgan fingerprint density at radius 3 is 2.28 bits per heavy atom. The maximum atomic E-state index is 12.2. The van der Waals surface area contributed by atoms with E-state index in [4.69, 9.17) is 18.9 Å². The lowest BCUT2D eigenvalue weighted by atomic mass is 10.2. The molecule has 2 aromatic carbocycles. The van der Waals surface area contributed by atoms with E-state index in [0.29, 0.717) is 11.5 Å². The van der Waals surface area contributed by atoms with Gasteiger partial charge in [-0.2, -0.15) is 0 Å². The van der Waals surface area contributed by atoms with Crippen molar-refractivity contribution in [2.24, 2.45) is 0 Å². The number of carbonyl (C=O) groups is 2. The molecule has 0 radical (unpaired) electrons. The van der Waals surface area contributed by atoms with Crippen LogP contribution in [-0.4, -0.2) is 45.1 Å². The summed E-state index contributed by atoms with van der Waals surface area (Å²) in [5, 5.41) is 2.75. The topological polar surface area (TPSA) is 83.1 Å². The second-order valence-electron chi connectivity index (χ2n) is 6.00. The molecule has 29 heavy (non-hydrogen) atoms. The highest BCUT2D eigenvalue weighted by atomic mass is 32.2. The molecule has 8 heteroatoms. The van der Waals surface area contributed by atoms with Gasteiger partial charge in [-0.3, -0.25) is 9.59 Å². The fraction of sp³-hybridized carbons (Fsp3) is 0.333. The van der Waals surface area contributed by atoms with Gasteiger partial charge in [0.2, 0.25) is 0 Å². The van der Waals surface area contributed by atoms with E-state index in [2.05, 4.69) is 5.32 Å². The first-order chi connectivity index (χ1) is 14.0. The average molecular weight is 419 g/mol. The zero-order valence-electron chi connectivity index (χ0n) is 16.9. The number of hydrogen-bond donors (Lipinski definition) is 1. The predicted molar refractivity (Wildman–Crippen MR) is 111 cm³/mol. The van der Waals surface area contributed by atoms with Gasteiger partial charge in [-0.05, 0) is 48.9 Å². The molecular formula is C21H25NO6S. The summed E-state index contributed by atoms with van der Waals surface area (Å²) in [6, 6.07) is 12.7. The van der Waals surface area contributed by atoms with Gasteiger partial charge >= 0.3 is 5.97 Å². The van der Waals surface area contributed by atoms with Crippen molar-refractivity contribution in [2.45, 2.75) is 24.5 Å². The van der Waals surface area contributed by atoms with Crippen LogP contribution in [0.15, 0.2) is 47.4 Å². The number of carbonyl (C=O) groups excluding carboxylic acids is 2. The van der Waals surface area contributed by atoms with Crippen molar-refractivity contribution in [1.29, 1.82) is 0 Å². The minimum Gasteiger partial charge on any atom is -0.497 e. The van der Waals surface area contributed by atoms with Crippen molar-refractivity contribution >= 4 is 23.6 Å². The molecule has 7 nitrogen and oxygen atoms in total. The van der Waals surface area contributed by atoms with Crippen LogP contribution in [0.4, 0.5) is 0 Å². The van der Waals surface area contributed by atoms with Crippen LogP contribution in [0, 0.1) is 0 Å². The minimum atomic E-state index is -0.890. The first kappa shape index (κ1) is 22.4. The highest BCUT2D eigenvalue weighted by molar-refractivity contribution is 8.00. The molecule has 2 rings (SSSR count). The normalized spacial score (nSPS) is 11.3. The summed E-state index contributed by atoms with van der Waals surface area (Å²) in [7, 11) is 4.70. The summed E-state index contributed by atoms with van der Waals surface area (Å²) in [6.45, 7) is 1.82. The molecule has 1 N–H and O–H groups in total. The Morgan fingerprint density at radius 2 is 1.66 bits per heavy atom. The zero-order valence-corrected chi connectivity index (χ0v) is 17.7. The van der Waals surface area contributed by atoms with Crippen LogP contribution in [-0.2, 0) is 20.9 Å². The first-order valence-electron chi connectivity index (χ1n) is 8.91. The average Bonchev–Trinajstić information content (AvgIpc) is 2.75. The largest absolute Gasteiger partial charge is 0.497 e. The van der Waals surface area contributed by atoms with E-state index in [1.165, 1.54) is 11.8 Å². The van der Waals surface area contributed by atoms with Gasteiger partial charge in [0.25, 0.3) is 5.91 Å². The van der Waals surface area contributed by atoms with Gasteiger partial charge < -0.3 is 24.3 Å². The Morgan fingerprint density at radius 1 is 0.966 bits per heavy atom. The third kappa shape index (κ3) is 6.90. The van der Waals surface area contributed by atoms with Crippen molar-refractivity contribution in [1.82, 2.24) is 5.32 Å². The second-order valence-corrected chi connectivity index (χ2v) is 7.05. The lowest BCUT2D eigenvalue weighted by molar-refractivity contribution is -0.152. The number of ether oxygens (including phenoxy) is 4. The van der Waals surface area contributed by atoms with Gasteiger partial charge in [0, 0.05) is 11.4 Å². The predicted octanol–water partition coefficient (Wildman–Crippen LogP) is 3.05. The highest BCUT2D eigenvalue weighted by Crippen LogP contribution is 2.27. The summed E-state index contributed by atoms with van der Waals surface area (Å²) in [5.74, 6) is 1.21. The van der Waals surface area contributed by atoms with Gasteiger partial charge in [-0.15, -0.1) is 11.8 Å². The third-order valence-corrected chi connectivity index (χ3v) is 4.99. The van der Waals surface area contributed by atoms with E-state index in [1.807, 2.05) is 30.3 Å². The van der Waals surface area contributed by atoms with Crippen LogP contribution in [0.1, 0.15) is 12.5 Å². The van der Waals surface area contributed by atoms with Crippen LogP contribution < -0.4 is 19.5 Å². The number of methoxy groups -OCH3 is 3. The molecule has 0 heterocycles. The number of thioether (sulfide) groups is 1. The number of benzene rings is 2. The summed E-state index contributed by atoms with van der Waals surface area (Å²) >= 11 is 1.33. The highest BCUT2D eigenvalue weighted by Gasteiger charge is 2.18. The molecule has 156 valence electrons. The number of esters is 1. The first-order valence-corrected chi connectivity index (χ1v) is 9.90. The van der Waals surface area contributed by atoms with Gasteiger partial charge in [0.1, 0.15) is 5.75 Å². The molecule has 0 aromatic heterocycles. The van der Waals surface area contributed by atoms with Gasteiger partial charge in [0.05, 0.1) is 27.1 Å². The lowest BCUT2D eigenvalue weighted by Gasteiger charge is -2.14. The molecule has 1 amide bonds. The molecule has 0 spiro atoms. The Balaban J connectivity index is 1.78. The molecule has 0 unspecified atom stereocenters. The van der Waals surface area contributed by atoms with Gasteiger partial charge in [-0.1, -0.05) is 6.07 Å². The summed E-state index contributed by atoms with van der Waals surface area (Å²) < 4.78 is 20.7. The maximum Gasteiger partial charge on any atom is 0.317 e. The van der Waals surface area contributed by atoms with Crippen molar-refractivity contribution in [3.05, 3.63) is 48.0 Å². The molecular weight excluding hydrogens is 394 g/mol. The minimum absolute atomic E-state index is 0.111. The SMILES string of the molecule is COc1ccc(SCC(=O)O[C@@H](C)C(=O)NCc2ccc(OC)c(OC)c2)cc1. The Labute approximate surface area is 174 Å². The van der Waals surface area contributed by atoms with Crippen LogP contribution in [0.2, 0.25) is 0 Å². The van der Waals surface area contributed by atoms with Crippen LogP contribution in [0.5, 0.6) is 17.2 Å². The molecule has 0 saturated carbocycles. The van der Waals surface area contributed by atoms with E-state index < -0.39 is 12.1 Å². The standard InChI is InChI=1S/C21H25NO6S/c1-14(28-20(23)13-29-17-8-6-16(25-2)7-9-17)21(24)22-12-15-5-10-18(26-3)19(11-15)27-4/h5-11,14H,12-13H2,1-4H3,(H,22,24)/t14-/m0/s1. The van der Waals surface area contributed by atoms with E-state index in [0.717, 1.165) is 16.2 Å². The quantitative estimate of drug-likeness (QED) is 0.468. The molecule has 2 aromatic rings. The number of amides is 1. The monoisotopic (exact) mass is 419 g/mol. The van der Waals surface area contributed by atoms with E-state index in [9.17, 15) is 9.59 Å². The molecule has 0 aliphatic carbocycles. The Hall–Kier alpha value is -2.87. The Bertz CT molecular complexity index is 824. The van der Waals surface area contributed by atoms with Crippen LogP contribution >= 0.6 is 11.8 Å². The van der Waals surface area contributed by atoms with Crippen molar-refractivity contribution in [3.8, 4) is 17.2 Å². The van der Waals surface area contributed by atoms with Crippen molar-refractivity contribution in [2.75, 3.05) is 27.1 Å². The molecule has 0 aliphatic heterocycles. The molecule has 1 atom stereocenters. The zero-order chi connectivity index (χ0) is 21.2. The molecule has 0 fully saturated rings. The third-order valence-electron chi connectivity index (χ3n) is 4.01. The van der Waals surface area contributed by atoms with E-state index in [1.54, 1.807) is 40.4 Å². The van der Waals surface area contributed by atoms with Crippen molar-refractivity contribution in [3.63, 3.8) is 0 Å². The van der Waals surface area contributed by atoms with Crippen molar-refractivity contribution < 1.29 is 28.5 Å². The number of nitrogens with one attached hydrogen (secondary N) is 1. The lowest BCUT2D eigenvalue weighted by Crippen LogP contribution is -2.35. The fourth-order valence-corrected chi connectivity index (χ4v) is 3.10. The smallest absolute Gasteiger partial charge is 0.317 e. The van der Waals surface area contributed by atoms with Gasteiger partial charge in [0.15, 0.2) is 17.6 Å². The molecule has 0 saturated heterocycles. The fourth-order valence-electron chi connectivity index (χ4n) is 2.42. The number of hydrogen-bond acceptors (Lipinski definition) is 7. The Kier molecular flexibility index (Phi) is 8.67. The summed E-state index contributed by atoms with van der Waals surface area (Å²) in [5.41, 5.74) is 0.838. The van der Waals surface area contributed by atoms with E-state index in [-0.39, 0.29) is 18.2 Å². The van der Waals surface area contributed by atoms with Gasteiger partial charge in [-0.25, -0.2) is 0 Å². The molecule has 0 aliphatic rings. The van der Waals surface area contributed by atoms with E-state index >= 15 is 0 Å². The molecule has 0 bridgehead atoms. The maximum absolute atomic E-state index is 12.2. The summed E-state index contributed by atoms with van der Waals surface area (Å²) in [6.07, 6.45) is -0.890. The summed E-state index contributed by atoms with van der Waals surface area (Å²) in [4.78, 5) is 25.1. The van der Waals surface area contributed by atoms with Crippen LogP contribution in [0.3, 0.4) is 0 Å².